The predicted octanol–water partition coefficient (Wildman–Crippen LogP) is 3.21. The average Bonchev–Trinajstić information content (AvgIpc) is 2.93. The summed E-state index contributed by atoms with van der Waals surface area (Å²) in [5.41, 5.74) is 1.37. The first-order chi connectivity index (χ1) is 11.1. The lowest BCUT2D eigenvalue weighted by Gasteiger charge is -2.30. The molecule has 0 amide bonds. The summed E-state index contributed by atoms with van der Waals surface area (Å²) in [6.07, 6.45) is 1.03. The van der Waals surface area contributed by atoms with Crippen molar-refractivity contribution in [3.63, 3.8) is 0 Å². The third-order valence-corrected chi connectivity index (χ3v) is 4.79. The predicted molar refractivity (Wildman–Crippen MR) is 104 cm³/mol. The Balaban J connectivity index is 2.43. The second-order valence-electron chi connectivity index (χ2n) is 8.10. The van der Waals surface area contributed by atoms with Crippen molar-refractivity contribution in [1.29, 1.82) is 0 Å². The van der Waals surface area contributed by atoms with Crippen molar-refractivity contribution in [2.24, 2.45) is 10.4 Å². The minimum absolute atomic E-state index is 0.0881. The molecule has 6 heteroatoms. The molecule has 0 saturated carbocycles. The topological polar surface area (TPSA) is 58.5 Å². The van der Waals surface area contributed by atoms with Gasteiger partial charge in [0, 0.05) is 44.5 Å². The summed E-state index contributed by atoms with van der Waals surface area (Å²) in [4.78, 5) is 9.00. The molecular weight excluding hydrogens is 320 g/mol. The lowest BCUT2D eigenvalue weighted by atomic mass is 9.89. The van der Waals surface area contributed by atoms with E-state index in [1.165, 1.54) is 0 Å². The monoisotopic (exact) mass is 354 g/mol. The van der Waals surface area contributed by atoms with Gasteiger partial charge in [0.15, 0.2) is 5.96 Å². The van der Waals surface area contributed by atoms with Gasteiger partial charge in [0.1, 0.15) is 0 Å². The van der Waals surface area contributed by atoms with Gasteiger partial charge in [-0.3, -0.25) is 4.99 Å². The Bertz CT molecular complexity index is 526. The largest absolute Gasteiger partial charge is 0.379 e. The van der Waals surface area contributed by atoms with Gasteiger partial charge in [0.25, 0.3) is 0 Å². The van der Waals surface area contributed by atoms with E-state index in [2.05, 4.69) is 62.5 Å². The number of thiazole rings is 1. The Morgan fingerprint density at radius 2 is 1.92 bits per heavy atom. The highest BCUT2D eigenvalue weighted by atomic mass is 32.1. The zero-order chi connectivity index (χ0) is 18.4. The van der Waals surface area contributed by atoms with Crippen LogP contribution in [0.4, 0.5) is 0 Å². The second kappa shape index (κ2) is 8.81. The molecule has 0 fully saturated rings. The minimum atomic E-state index is 0.0881. The quantitative estimate of drug-likeness (QED) is 0.608. The van der Waals surface area contributed by atoms with Crippen molar-refractivity contribution in [3.8, 4) is 0 Å². The number of ether oxygens (including phenoxy) is 1. The fourth-order valence-corrected chi connectivity index (χ4v) is 3.24. The molecular formula is C18H34N4OS. The van der Waals surface area contributed by atoms with Gasteiger partial charge in [-0.2, -0.15) is 0 Å². The van der Waals surface area contributed by atoms with Gasteiger partial charge in [-0.15, -0.1) is 11.3 Å². The van der Waals surface area contributed by atoms with Crippen molar-refractivity contribution in [3.05, 3.63) is 16.1 Å². The number of nitrogens with zero attached hydrogens (tertiary/aromatic N) is 2. The van der Waals surface area contributed by atoms with Gasteiger partial charge in [0.05, 0.1) is 16.8 Å². The van der Waals surface area contributed by atoms with Crippen LogP contribution in [0, 0.1) is 5.41 Å². The van der Waals surface area contributed by atoms with Gasteiger partial charge in [-0.05, 0) is 5.41 Å². The third kappa shape index (κ3) is 6.77. The van der Waals surface area contributed by atoms with Crippen molar-refractivity contribution in [2.45, 2.75) is 59.5 Å². The Morgan fingerprint density at radius 1 is 1.25 bits per heavy atom. The maximum atomic E-state index is 5.56. The molecule has 0 radical (unpaired) electrons. The highest BCUT2D eigenvalue weighted by molar-refractivity contribution is 7.09. The highest BCUT2D eigenvalue weighted by Crippen LogP contribution is 2.24. The Kier molecular flexibility index (Phi) is 7.67. The molecule has 0 aliphatic heterocycles. The summed E-state index contributed by atoms with van der Waals surface area (Å²) in [5, 5.41) is 10.0. The standard InChI is InChI=1S/C18H34N4OS/c1-17(2,3)13-12-24-15(22-13)9-10-20-16(19-7)21-11-14(23-8)18(4,5)6/h12,14H,9-11H2,1-8H3,(H2,19,20,21). The van der Waals surface area contributed by atoms with Crippen LogP contribution in [-0.2, 0) is 16.6 Å². The lowest BCUT2D eigenvalue weighted by Crippen LogP contribution is -2.45. The minimum Gasteiger partial charge on any atom is -0.379 e. The summed E-state index contributed by atoms with van der Waals surface area (Å²) < 4.78 is 5.56. The summed E-state index contributed by atoms with van der Waals surface area (Å²) in [5.74, 6) is 0.800. The zero-order valence-corrected chi connectivity index (χ0v) is 17.3. The maximum absolute atomic E-state index is 5.56. The van der Waals surface area contributed by atoms with E-state index < -0.39 is 0 Å². The first-order valence-corrected chi connectivity index (χ1v) is 9.38. The van der Waals surface area contributed by atoms with E-state index in [0.29, 0.717) is 0 Å². The van der Waals surface area contributed by atoms with E-state index in [9.17, 15) is 0 Å². The van der Waals surface area contributed by atoms with E-state index in [1.54, 1.807) is 25.5 Å². The number of hydrogen-bond acceptors (Lipinski definition) is 4. The molecule has 1 aromatic rings. The Labute approximate surface area is 151 Å². The molecule has 0 aliphatic carbocycles. The molecule has 24 heavy (non-hydrogen) atoms. The van der Waals surface area contributed by atoms with Crippen LogP contribution in [0.3, 0.4) is 0 Å². The van der Waals surface area contributed by atoms with E-state index in [-0.39, 0.29) is 16.9 Å². The summed E-state index contributed by atoms with van der Waals surface area (Å²) in [7, 11) is 3.54. The van der Waals surface area contributed by atoms with Crippen LogP contribution in [0.15, 0.2) is 10.4 Å². The smallest absolute Gasteiger partial charge is 0.191 e. The molecule has 0 saturated heterocycles. The molecule has 138 valence electrons. The highest BCUT2D eigenvalue weighted by Gasteiger charge is 2.24. The van der Waals surface area contributed by atoms with Gasteiger partial charge >= 0.3 is 0 Å². The fourth-order valence-electron chi connectivity index (χ4n) is 2.21. The molecule has 5 nitrogen and oxygen atoms in total. The molecule has 1 heterocycles. The maximum Gasteiger partial charge on any atom is 0.191 e. The van der Waals surface area contributed by atoms with Crippen molar-refractivity contribution in [1.82, 2.24) is 15.6 Å². The summed E-state index contributed by atoms with van der Waals surface area (Å²) >= 11 is 1.73. The van der Waals surface area contributed by atoms with Crippen molar-refractivity contribution >= 4 is 17.3 Å². The van der Waals surface area contributed by atoms with E-state index >= 15 is 0 Å². The fraction of sp³-hybridized carbons (Fsp3) is 0.778. The molecule has 0 spiro atoms. The van der Waals surface area contributed by atoms with Crippen LogP contribution >= 0.6 is 11.3 Å². The van der Waals surface area contributed by atoms with Crippen LogP contribution in [0.1, 0.15) is 52.2 Å². The van der Waals surface area contributed by atoms with Gasteiger partial charge in [-0.25, -0.2) is 4.98 Å². The third-order valence-electron chi connectivity index (χ3n) is 3.88. The molecule has 1 rings (SSSR count). The molecule has 0 aromatic carbocycles. The van der Waals surface area contributed by atoms with Crippen LogP contribution in [0.25, 0.3) is 0 Å². The molecule has 1 atom stereocenters. The summed E-state index contributed by atoms with van der Waals surface area (Å²) in [6.45, 7) is 14.6. The molecule has 0 bridgehead atoms. The van der Waals surface area contributed by atoms with E-state index in [1.807, 2.05) is 0 Å². The lowest BCUT2D eigenvalue weighted by molar-refractivity contribution is 0.0205. The number of aliphatic imine (C=N–C) groups is 1. The second-order valence-corrected chi connectivity index (χ2v) is 9.04. The number of hydrogen-bond donors (Lipinski definition) is 2. The Morgan fingerprint density at radius 3 is 2.38 bits per heavy atom. The number of guanidine groups is 1. The molecule has 2 N–H and O–H groups in total. The number of aromatic nitrogens is 1. The molecule has 0 aliphatic rings. The number of rotatable bonds is 6. The van der Waals surface area contributed by atoms with Crippen molar-refractivity contribution < 1.29 is 4.74 Å². The van der Waals surface area contributed by atoms with Crippen LogP contribution < -0.4 is 10.6 Å². The van der Waals surface area contributed by atoms with Crippen LogP contribution in [0.2, 0.25) is 0 Å². The van der Waals surface area contributed by atoms with Crippen LogP contribution in [0.5, 0.6) is 0 Å². The van der Waals surface area contributed by atoms with E-state index in [4.69, 9.17) is 9.72 Å². The summed E-state index contributed by atoms with van der Waals surface area (Å²) in [6, 6.07) is 0. The number of methoxy groups -OCH3 is 1. The van der Waals surface area contributed by atoms with E-state index in [0.717, 1.165) is 36.2 Å². The molecule has 1 aromatic heterocycles. The first-order valence-electron chi connectivity index (χ1n) is 8.50. The SMILES string of the molecule is CN=C(NCCc1nc(C(C)(C)C)cs1)NCC(OC)C(C)(C)C. The average molecular weight is 355 g/mol. The van der Waals surface area contributed by atoms with Gasteiger partial charge in [-0.1, -0.05) is 41.5 Å². The number of nitrogens with one attached hydrogen (secondary N) is 2. The van der Waals surface area contributed by atoms with Gasteiger partial charge in [0.2, 0.25) is 0 Å². The first kappa shape index (κ1) is 20.9. The van der Waals surface area contributed by atoms with Crippen molar-refractivity contribution in [2.75, 3.05) is 27.2 Å². The normalized spacial score (nSPS) is 14.6. The van der Waals surface area contributed by atoms with Gasteiger partial charge < -0.3 is 15.4 Å². The molecule has 1 unspecified atom stereocenters. The Hall–Kier alpha value is -1.14. The zero-order valence-electron chi connectivity index (χ0n) is 16.5. The van der Waals surface area contributed by atoms with Crippen LogP contribution in [-0.4, -0.2) is 44.3 Å².